The van der Waals surface area contributed by atoms with Crippen molar-refractivity contribution < 1.29 is 0 Å². The van der Waals surface area contributed by atoms with Gasteiger partial charge in [0.25, 0.3) is 0 Å². The van der Waals surface area contributed by atoms with Gasteiger partial charge in [-0.15, -0.1) is 0 Å². The van der Waals surface area contributed by atoms with E-state index in [9.17, 15) is 0 Å². The molecule has 0 saturated heterocycles. The van der Waals surface area contributed by atoms with Crippen LogP contribution in [-0.2, 0) is 0 Å². The minimum Gasteiger partial charge on any atom is -0.271 e. The van der Waals surface area contributed by atoms with Gasteiger partial charge < -0.3 is 0 Å². The van der Waals surface area contributed by atoms with Gasteiger partial charge in [0.05, 0.1) is 0 Å². The molecule has 3 N–H and O–H groups in total. The fourth-order valence-electron chi connectivity index (χ4n) is 2.78. The van der Waals surface area contributed by atoms with Crippen molar-refractivity contribution in [2.24, 2.45) is 23.6 Å². The van der Waals surface area contributed by atoms with Crippen LogP contribution in [-0.4, -0.2) is 6.54 Å². The Kier molecular flexibility index (Phi) is 1.66. The van der Waals surface area contributed by atoms with E-state index in [1.807, 2.05) is 0 Å². The van der Waals surface area contributed by atoms with Crippen LogP contribution in [0, 0.1) is 17.8 Å². The van der Waals surface area contributed by atoms with Gasteiger partial charge in [0, 0.05) is 6.54 Å². The molecule has 2 bridgehead atoms. The number of fused-ring (bicyclic) bond motifs is 2. The highest BCUT2D eigenvalue weighted by Gasteiger charge is 2.38. The van der Waals surface area contributed by atoms with E-state index in [0.717, 1.165) is 24.3 Å². The molecule has 0 aliphatic heterocycles. The minimum absolute atomic E-state index is 0.906. The maximum absolute atomic E-state index is 5.29. The van der Waals surface area contributed by atoms with Gasteiger partial charge in [-0.3, -0.25) is 11.3 Å². The molecule has 0 spiro atoms. The maximum Gasteiger partial charge on any atom is 0.0128 e. The summed E-state index contributed by atoms with van der Waals surface area (Å²) in [6.45, 7) is 1.04. The van der Waals surface area contributed by atoms with Gasteiger partial charge in [-0.25, -0.2) is 0 Å². The molecule has 0 radical (unpaired) electrons. The molecule has 2 aliphatic rings. The Balaban J connectivity index is 1.90. The SMILES string of the molecule is NNCC1CC2CCC1C2. The quantitative estimate of drug-likeness (QED) is 0.441. The molecule has 2 saturated carbocycles. The van der Waals surface area contributed by atoms with Crippen LogP contribution < -0.4 is 11.3 Å². The Morgan fingerprint density at radius 3 is 2.70 bits per heavy atom. The molecule has 2 rings (SSSR count). The summed E-state index contributed by atoms with van der Waals surface area (Å²) in [4.78, 5) is 0. The Morgan fingerprint density at radius 1 is 1.30 bits per heavy atom. The second-order valence-electron chi connectivity index (χ2n) is 3.84. The van der Waals surface area contributed by atoms with Crippen LogP contribution >= 0.6 is 0 Å². The van der Waals surface area contributed by atoms with Crippen molar-refractivity contribution in [2.45, 2.75) is 25.7 Å². The summed E-state index contributed by atoms with van der Waals surface area (Å²) in [6.07, 6.45) is 5.89. The molecule has 3 unspecified atom stereocenters. The molecule has 2 heteroatoms. The molecule has 2 nitrogen and oxygen atoms in total. The van der Waals surface area contributed by atoms with Crippen LogP contribution in [0.15, 0.2) is 0 Å². The molecule has 0 heterocycles. The second-order valence-corrected chi connectivity index (χ2v) is 3.84. The topological polar surface area (TPSA) is 38.0 Å². The van der Waals surface area contributed by atoms with Crippen molar-refractivity contribution in [3.63, 3.8) is 0 Å². The summed E-state index contributed by atoms with van der Waals surface area (Å²) >= 11 is 0. The third-order valence-electron chi connectivity index (χ3n) is 3.26. The van der Waals surface area contributed by atoms with Crippen LogP contribution in [0.25, 0.3) is 0 Å². The monoisotopic (exact) mass is 140 g/mol. The fourth-order valence-corrected chi connectivity index (χ4v) is 2.78. The minimum atomic E-state index is 0.906. The Bertz CT molecular complexity index is 124. The summed E-state index contributed by atoms with van der Waals surface area (Å²) in [6, 6.07) is 0. The molecule has 0 aromatic rings. The number of nitrogens with one attached hydrogen (secondary N) is 1. The first kappa shape index (κ1) is 6.62. The average Bonchev–Trinajstić information content (AvgIpc) is 2.48. The lowest BCUT2D eigenvalue weighted by molar-refractivity contribution is 0.321. The molecule has 10 heavy (non-hydrogen) atoms. The zero-order valence-corrected chi connectivity index (χ0v) is 6.34. The number of hydrazine groups is 1. The van der Waals surface area contributed by atoms with Crippen molar-refractivity contribution in [2.75, 3.05) is 6.54 Å². The average molecular weight is 140 g/mol. The molecule has 0 aromatic heterocycles. The highest BCUT2D eigenvalue weighted by molar-refractivity contribution is 4.90. The van der Waals surface area contributed by atoms with Gasteiger partial charge >= 0.3 is 0 Å². The number of rotatable bonds is 2. The predicted molar refractivity (Wildman–Crippen MR) is 41.1 cm³/mol. The Labute approximate surface area is 62.1 Å². The van der Waals surface area contributed by atoms with Crippen LogP contribution in [0.2, 0.25) is 0 Å². The van der Waals surface area contributed by atoms with Gasteiger partial charge in [0.2, 0.25) is 0 Å². The standard InChI is InChI=1S/C8H16N2/c9-10-5-8-4-6-1-2-7(8)3-6/h6-8,10H,1-5,9H2. The normalized spacial score (nSPS) is 44.7. The van der Waals surface area contributed by atoms with E-state index in [-0.39, 0.29) is 0 Å². The highest BCUT2D eigenvalue weighted by atomic mass is 15.2. The molecule has 58 valence electrons. The zero-order chi connectivity index (χ0) is 6.97. The lowest BCUT2D eigenvalue weighted by atomic mass is 9.89. The van der Waals surface area contributed by atoms with Crippen LogP contribution in [0.3, 0.4) is 0 Å². The summed E-state index contributed by atoms with van der Waals surface area (Å²) in [5.74, 6) is 8.27. The summed E-state index contributed by atoms with van der Waals surface area (Å²) in [7, 11) is 0. The van der Waals surface area contributed by atoms with Crippen molar-refractivity contribution in [3.05, 3.63) is 0 Å². The first-order valence-electron chi connectivity index (χ1n) is 4.33. The van der Waals surface area contributed by atoms with Gasteiger partial charge in [0.15, 0.2) is 0 Å². The van der Waals surface area contributed by atoms with E-state index < -0.39 is 0 Å². The summed E-state index contributed by atoms with van der Waals surface area (Å²) < 4.78 is 0. The van der Waals surface area contributed by atoms with Gasteiger partial charge in [-0.2, -0.15) is 0 Å². The molecule has 0 amide bonds. The van der Waals surface area contributed by atoms with E-state index in [4.69, 9.17) is 5.84 Å². The molecule has 2 aliphatic carbocycles. The van der Waals surface area contributed by atoms with Gasteiger partial charge in [0.1, 0.15) is 0 Å². The highest BCUT2D eigenvalue weighted by Crippen LogP contribution is 2.47. The maximum atomic E-state index is 5.29. The zero-order valence-electron chi connectivity index (χ0n) is 6.34. The molecule has 3 atom stereocenters. The second kappa shape index (κ2) is 2.51. The van der Waals surface area contributed by atoms with Crippen molar-refractivity contribution in [1.82, 2.24) is 5.43 Å². The van der Waals surface area contributed by atoms with Crippen LogP contribution in [0.1, 0.15) is 25.7 Å². The Morgan fingerprint density at radius 2 is 2.20 bits per heavy atom. The molecular weight excluding hydrogens is 124 g/mol. The van der Waals surface area contributed by atoms with Crippen molar-refractivity contribution >= 4 is 0 Å². The third kappa shape index (κ3) is 0.956. The van der Waals surface area contributed by atoms with Crippen LogP contribution in [0.4, 0.5) is 0 Å². The number of hydrogen-bond acceptors (Lipinski definition) is 2. The van der Waals surface area contributed by atoms with E-state index in [0.29, 0.717) is 0 Å². The van der Waals surface area contributed by atoms with Crippen molar-refractivity contribution in [3.8, 4) is 0 Å². The molecular formula is C8H16N2. The first-order valence-corrected chi connectivity index (χ1v) is 4.33. The summed E-state index contributed by atoms with van der Waals surface area (Å²) in [5, 5.41) is 0. The smallest absolute Gasteiger partial charge is 0.0128 e. The fraction of sp³-hybridized carbons (Fsp3) is 1.00. The van der Waals surface area contributed by atoms with E-state index >= 15 is 0 Å². The van der Waals surface area contributed by atoms with Gasteiger partial charge in [-0.05, 0) is 37.0 Å². The van der Waals surface area contributed by atoms with E-state index in [2.05, 4.69) is 5.43 Å². The molecule has 0 aromatic carbocycles. The van der Waals surface area contributed by atoms with E-state index in [1.165, 1.54) is 25.7 Å². The predicted octanol–water partition coefficient (Wildman–Crippen LogP) is 0.886. The summed E-state index contributed by atoms with van der Waals surface area (Å²) in [5.41, 5.74) is 2.79. The first-order chi connectivity index (χ1) is 4.90. The lowest BCUT2D eigenvalue weighted by Crippen LogP contribution is -2.31. The number of hydrogen-bond donors (Lipinski definition) is 2. The molecule has 2 fully saturated rings. The number of nitrogens with two attached hydrogens (primary N) is 1. The van der Waals surface area contributed by atoms with Crippen molar-refractivity contribution in [1.29, 1.82) is 0 Å². The Hall–Kier alpha value is -0.0800. The van der Waals surface area contributed by atoms with Crippen LogP contribution in [0.5, 0.6) is 0 Å². The van der Waals surface area contributed by atoms with E-state index in [1.54, 1.807) is 0 Å². The van der Waals surface area contributed by atoms with Gasteiger partial charge in [-0.1, -0.05) is 6.42 Å². The lowest BCUT2D eigenvalue weighted by Gasteiger charge is -2.20. The third-order valence-corrected chi connectivity index (χ3v) is 3.26. The largest absolute Gasteiger partial charge is 0.271 e.